The van der Waals surface area contributed by atoms with Gasteiger partial charge in [0.05, 0.1) is 0 Å². The number of allylic oxidation sites excluding steroid dienone is 1. The van der Waals surface area contributed by atoms with Gasteiger partial charge >= 0.3 is 0 Å². The Morgan fingerprint density at radius 1 is 1.71 bits per heavy atom. The minimum Gasteiger partial charge on any atom is -0.333 e. The molecule has 0 aromatic rings. The maximum absolute atomic E-state index is 4.07. The zero-order valence-electron chi connectivity index (χ0n) is 3.59. The second kappa shape index (κ2) is 2.33. The molecule has 0 aromatic heterocycles. The van der Waals surface area contributed by atoms with Gasteiger partial charge in [-0.2, -0.15) is 0 Å². The molecule has 0 atom stereocenters. The quantitative estimate of drug-likeness (QED) is 0.382. The highest BCUT2D eigenvalue weighted by Gasteiger charge is 1.86. The van der Waals surface area contributed by atoms with Crippen LogP contribution in [0.1, 0.15) is 0 Å². The average molecular weight is 131 g/mol. The zero-order chi connectivity index (χ0) is 5.11. The highest BCUT2D eigenvalue weighted by Crippen LogP contribution is 2.12. The van der Waals surface area contributed by atoms with Crippen molar-refractivity contribution in [3.63, 3.8) is 0 Å². The summed E-state index contributed by atoms with van der Waals surface area (Å²) in [6, 6.07) is 0. The predicted molar refractivity (Wildman–Crippen MR) is 36.9 cm³/mol. The third-order valence-corrected chi connectivity index (χ3v) is 1.67. The Labute approximate surface area is 52.4 Å². The zero-order valence-corrected chi connectivity index (χ0v) is 5.30. The summed E-state index contributed by atoms with van der Waals surface area (Å²) in [4.78, 5) is 1.00. The third-order valence-electron chi connectivity index (χ3n) is 0.570. The van der Waals surface area contributed by atoms with Gasteiger partial charge in [0, 0.05) is 16.5 Å². The van der Waals surface area contributed by atoms with Crippen molar-refractivity contribution in [2.45, 2.75) is 0 Å². The molecule has 1 aliphatic heterocycles. The Bertz CT molecular complexity index is 117. The van der Waals surface area contributed by atoms with Gasteiger partial charge in [-0.3, -0.25) is 0 Å². The number of hydrogen-bond acceptors (Lipinski definition) is 3. The molecule has 1 nitrogen and oxygen atoms in total. The number of hydrogen-bond donors (Lipinski definition) is 2. The molecule has 0 bridgehead atoms. The third kappa shape index (κ3) is 1.49. The Hall–Kier alpha value is -0.0200. The Morgan fingerprint density at radius 2 is 2.57 bits per heavy atom. The highest BCUT2D eigenvalue weighted by molar-refractivity contribution is 8.01. The summed E-state index contributed by atoms with van der Waals surface area (Å²) >= 11 is 5.60. The molecule has 1 heterocycles. The molecule has 7 heavy (non-hydrogen) atoms. The van der Waals surface area contributed by atoms with Gasteiger partial charge in [-0.15, -0.1) is 12.6 Å². The molecule has 0 unspecified atom stereocenters. The van der Waals surface area contributed by atoms with Gasteiger partial charge in [-0.1, -0.05) is 0 Å². The van der Waals surface area contributed by atoms with Crippen LogP contribution in [-0.2, 0) is 0 Å². The summed E-state index contributed by atoms with van der Waals surface area (Å²) in [6.07, 6.45) is 3.76. The summed E-state index contributed by atoms with van der Waals surface area (Å²) < 4.78 is 2.93. The van der Waals surface area contributed by atoms with Crippen LogP contribution in [0.15, 0.2) is 22.6 Å². The van der Waals surface area contributed by atoms with E-state index in [0.717, 1.165) is 4.91 Å². The summed E-state index contributed by atoms with van der Waals surface area (Å²) in [7, 11) is 0. The molecule has 0 amide bonds. The predicted octanol–water partition coefficient (Wildman–Crippen LogP) is 1.52. The van der Waals surface area contributed by atoms with Crippen molar-refractivity contribution < 1.29 is 0 Å². The minimum absolute atomic E-state index is 1.00. The second-order valence-electron chi connectivity index (χ2n) is 1.11. The van der Waals surface area contributed by atoms with Gasteiger partial charge in [-0.05, 0) is 18.0 Å². The van der Waals surface area contributed by atoms with E-state index in [1.165, 1.54) is 11.9 Å². The largest absolute Gasteiger partial charge is 0.333 e. The molecular weight excluding hydrogens is 126 g/mol. The fourth-order valence-electron chi connectivity index (χ4n) is 0.292. The lowest BCUT2D eigenvalue weighted by Crippen LogP contribution is -1.90. The van der Waals surface area contributed by atoms with Gasteiger partial charge < -0.3 is 4.72 Å². The van der Waals surface area contributed by atoms with E-state index in [9.17, 15) is 0 Å². The first-order valence-electron chi connectivity index (χ1n) is 1.86. The fraction of sp³-hybridized carbons (Fsp3) is 0. The van der Waals surface area contributed by atoms with E-state index in [-0.39, 0.29) is 0 Å². The van der Waals surface area contributed by atoms with E-state index in [1.807, 2.05) is 17.7 Å². The standard InChI is InChI=1S/C4H5NS2/c6-4-1-2-5-7-3-4/h1-3,5-6H. The molecule has 0 radical (unpaired) electrons. The highest BCUT2D eigenvalue weighted by atomic mass is 32.2. The molecule has 0 aromatic carbocycles. The molecule has 1 rings (SSSR count). The fourth-order valence-corrected chi connectivity index (χ4v) is 0.939. The smallest absolute Gasteiger partial charge is 0.0136 e. The van der Waals surface area contributed by atoms with Crippen molar-refractivity contribution >= 4 is 24.6 Å². The molecule has 38 valence electrons. The molecular formula is C4H5NS2. The van der Waals surface area contributed by atoms with Gasteiger partial charge in [0.15, 0.2) is 0 Å². The first kappa shape index (κ1) is 5.12. The summed E-state index contributed by atoms with van der Waals surface area (Å²) in [5.41, 5.74) is 0. The van der Waals surface area contributed by atoms with Gasteiger partial charge in [0.1, 0.15) is 0 Å². The van der Waals surface area contributed by atoms with E-state index >= 15 is 0 Å². The molecule has 3 heteroatoms. The summed E-state index contributed by atoms with van der Waals surface area (Å²) in [5.74, 6) is 0. The maximum Gasteiger partial charge on any atom is 0.0136 e. The van der Waals surface area contributed by atoms with Crippen LogP contribution < -0.4 is 4.72 Å². The van der Waals surface area contributed by atoms with Crippen molar-refractivity contribution in [2.24, 2.45) is 0 Å². The SMILES string of the molecule is SC1=CSNC=C1. The average Bonchev–Trinajstić information content (AvgIpc) is 1.69. The molecule has 0 spiro atoms. The van der Waals surface area contributed by atoms with Crippen LogP contribution in [0.4, 0.5) is 0 Å². The normalized spacial score (nSPS) is 18.1. The van der Waals surface area contributed by atoms with Crippen molar-refractivity contribution in [1.82, 2.24) is 4.72 Å². The lowest BCUT2D eigenvalue weighted by Gasteiger charge is -1.98. The van der Waals surface area contributed by atoms with E-state index in [4.69, 9.17) is 0 Å². The molecule has 0 saturated heterocycles. The molecule has 0 fully saturated rings. The molecule has 0 aliphatic carbocycles. The minimum atomic E-state index is 1.00. The van der Waals surface area contributed by atoms with Crippen LogP contribution in [-0.4, -0.2) is 0 Å². The Kier molecular flexibility index (Phi) is 1.70. The van der Waals surface area contributed by atoms with E-state index in [1.54, 1.807) is 0 Å². The first-order chi connectivity index (χ1) is 3.39. The van der Waals surface area contributed by atoms with E-state index in [0.29, 0.717) is 0 Å². The van der Waals surface area contributed by atoms with Crippen molar-refractivity contribution in [3.05, 3.63) is 22.6 Å². The van der Waals surface area contributed by atoms with Crippen molar-refractivity contribution in [3.8, 4) is 0 Å². The van der Waals surface area contributed by atoms with Crippen LogP contribution in [0, 0.1) is 0 Å². The Balaban J connectivity index is 2.58. The van der Waals surface area contributed by atoms with Crippen LogP contribution in [0.2, 0.25) is 0 Å². The molecule has 1 aliphatic rings. The lowest BCUT2D eigenvalue weighted by molar-refractivity contribution is 1.41. The lowest BCUT2D eigenvalue weighted by atomic mass is 10.6. The van der Waals surface area contributed by atoms with Crippen molar-refractivity contribution in [1.29, 1.82) is 0 Å². The number of nitrogens with one attached hydrogen (secondary N) is 1. The topological polar surface area (TPSA) is 12.0 Å². The van der Waals surface area contributed by atoms with Crippen LogP contribution in [0.5, 0.6) is 0 Å². The van der Waals surface area contributed by atoms with Crippen molar-refractivity contribution in [2.75, 3.05) is 0 Å². The summed E-state index contributed by atoms with van der Waals surface area (Å²) in [6.45, 7) is 0. The van der Waals surface area contributed by atoms with Crippen LogP contribution in [0.25, 0.3) is 0 Å². The van der Waals surface area contributed by atoms with Gasteiger partial charge in [-0.25, -0.2) is 0 Å². The second-order valence-corrected chi connectivity index (χ2v) is 2.34. The molecule has 0 saturated carbocycles. The number of rotatable bonds is 0. The summed E-state index contributed by atoms with van der Waals surface area (Å²) in [5, 5.41) is 1.93. The van der Waals surface area contributed by atoms with Gasteiger partial charge in [0.2, 0.25) is 0 Å². The monoisotopic (exact) mass is 131 g/mol. The van der Waals surface area contributed by atoms with Gasteiger partial charge in [0.25, 0.3) is 0 Å². The number of thiol groups is 1. The van der Waals surface area contributed by atoms with Crippen LogP contribution >= 0.6 is 24.6 Å². The molecule has 1 N–H and O–H groups in total. The van der Waals surface area contributed by atoms with E-state index in [2.05, 4.69) is 17.4 Å². The maximum atomic E-state index is 4.07. The van der Waals surface area contributed by atoms with E-state index < -0.39 is 0 Å². The van der Waals surface area contributed by atoms with Crippen LogP contribution in [0.3, 0.4) is 0 Å². The first-order valence-corrected chi connectivity index (χ1v) is 3.19. The Morgan fingerprint density at radius 3 is 2.86 bits per heavy atom.